The van der Waals surface area contributed by atoms with E-state index in [-0.39, 0.29) is 5.91 Å². The van der Waals surface area contributed by atoms with Gasteiger partial charge in [0.1, 0.15) is 0 Å². The lowest BCUT2D eigenvalue weighted by Crippen LogP contribution is -2.21. The van der Waals surface area contributed by atoms with Gasteiger partial charge in [-0.1, -0.05) is 11.3 Å². The average Bonchev–Trinajstić information content (AvgIpc) is 2.98. The van der Waals surface area contributed by atoms with Gasteiger partial charge in [0.15, 0.2) is 5.13 Å². The Morgan fingerprint density at radius 2 is 2.24 bits per heavy atom. The Morgan fingerprint density at radius 1 is 1.43 bits per heavy atom. The molecule has 2 heterocycles. The van der Waals surface area contributed by atoms with Gasteiger partial charge in [0.2, 0.25) is 0 Å². The molecule has 0 bridgehead atoms. The quantitative estimate of drug-likeness (QED) is 0.655. The summed E-state index contributed by atoms with van der Waals surface area (Å²) in [7, 11) is 0. The van der Waals surface area contributed by atoms with Gasteiger partial charge in [-0.3, -0.25) is 9.78 Å². The van der Waals surface area contributed by atoms with Gasteiger partial charge in [-0.2, -0.15) is 5.10 Å². The molecule has 21 heavy (non-hydrogen) atoms. The summed E-state index contributed by atoms with van der Waals surface area (Å²) in [5.74, 6) is -0.284. The molecule has 0 atom stereocenters. The van der Waals surface area contributed by atoms with Gasteiger partial charge in [0.25, 0.3) is 5.91 Å². The number of anilines is 1. The third kappa shape index (κ3) is 4.09. The first-order valence-electron chi connectivity index (χ1n) is 6.68. The number of hydrogen-bond donors (Lipinski definition) is 1. The van der Waals surface area contributed by atoms with Crippen molar-refractivity contribution in [1.29, 1.82) is 0 Å². The third-order valence-electron chi connectivity index (χ3n) is 2.83. The smallest absolute Gasteiger partial charge is 0.272 e. The monoisotopic (exact) mass is 303 g/mol. The number of nitrogens with one attached hydrogen (secondary N) is 1. The lowest BCUT2D eigenvalue weighted by atomic mass is 10.3. The zero-order valence-electron chi connectivity index (χ0n) is 12.0. The molecular formula is C14H17N5OS. The number of hydrogen-bond acceptors (Lipinski definition) is 6. The van der Waals surface area contributed by atoms with Gasteiger partial charge in [-0.25, -0.2) is 10.4 Å². The van der Waals surface area contributed by atoms with Gasteiger partial charge < -0.3 is 4.90 Å². The van der Waals surface area contributed by atoms with Crippen LogP contribution in [0.1, 0.15) is 29.1 Å². The second-order valence-corrected chi connectivity index (χ2v) is 5.20. The number of carbonyl (C=O) groups is 1. The zero-order chi connectivity index (χ0) is 15.1. The summed E-state index contributed by atoms with van der Waals surface area (Å²) in [4.78, 5) is 23.0. The molecular weight excluding hydrogens is 286 g/mol. The van der Waals surface area contributed by atoms with Crippen LogP contribution in [-0.2, 0) is 0 Å². The Labute approximate surface area is 127 Å². The molecule has 1 amide bonds. The lowest BCUT2D eigenvalue weighted by Gasteiger charge is -2.16. The van der Waals surface area contributed by atoms with Crippen LogP contribution < -0.4 is 10.3 Å². The Bertz CT molecular complexity index is 607. The molecule has 0 aliphatic carbocycles. The van der Waals surface area contributed by atoms with E-state index in [1.54, 1.807) is 30.7 Å². The zero-order valence-corrected chi connectivity index (χ0v) is 12.8. The molecule has 0 saturated heterocycles. The number of amides is 1. The second kappa shape index (κ2) is 7.49. The molecule has 2 rings (SSSR count). The minimum atomic E-state index is -0.284. The summed E-state index contributed by atoms with van der Waals surface area (Å²) in [5, 5.41) is 4.90. The summed E-state index contributed by atoms with van der Waals surface area (Å²) in [5.41, 5.74) is 2.94. The average molecular weight is 303 g/mol. The predicted molar refractivity (Wildman–Crippen MR) is 85.0 cm³/mol. The van der Waals surface area contributed by atoms with Crippen LogP contribution >= 0.6 is 11.3 Å². The van der Waals surface area contributed by atoms with E-state index in [1.165, 1.54) is 17.5 Å². The van der Waals surface area contributed by atoms with E-state index < -0.39 is 0 Å². The summed E-state index contributed by atoms with van der Waals surface area (Å²) in [6, 6.07) is 3.39. The van der Waals surface area contributed by atoms with Crippen molar-refractivity contribution in [2.75, 3.05) is 18.0 Å². The van der Waals surface area contributed by atoms with E-state index >= 15 is 0 Å². The molecule has 0 aliphatic rings. The number of hydrazone groups is 1. The number of rotatable bonds is 6. The normalized spacial score (nSPS) is 10.8. The van der Waals surface area contributed by atoms with E-state index in [0.29, 0.717) is 5.56 Å². The van der Waals surface area contributed by atoms with Crippen molar-refractivity contribution in [2.24, 2.45) is 5.10 Å². The Morgan fingerprint density at radius 3 is 2.90 bits per heavy atom. The number of aromatic nitrogens is 2. The molecule has 0 aromatic carbocycles. The van der Waals surface area contributed by atoms with Crippen molar-refractivity contribution >= 4 is 28.6 Å². The minimum Gasteiger partial charge on any atom is -0.349 e. The van der Waals surface area contributed by atoms with E-state index in [1.807, 2.05) is 0 Å². The van der Waals surface area contributed by atoms with Crippen molar-refractivity contribution in [3.63, 3.8) is 0 Å². The predicted octanol–water partition coefficient (Wildman–Crippen LogP) is 2.15. The maximum absolute atomic E-state index is 11.8. The van der Waals surface area contributed by atoms with E-state index in [4.69, 9.17) is 0 Å². The highest BCUT2D eigenvalue weighted by atomic mass is 32.1. The Balaban J connectivity index is 1.94. The first kappa shape index (κ1) is 15.1. The van der Waals surface area contributed by atoms with Gasteiger partial charge in [-0.15, -0.1) is 0 Å². The van der Waals surface area contributed by atoms with E-state index in [2.05, 4.69) is 39.2 Å². The summed E-state index contributed by atoms with van der Waals surface area (Å²) < 4.78 is 0. The first-order valence-corrected chi connectivity index (χ1v) is 7.50. The van der Waals surface area contributed by atoms with Gasteiger partial charge in [-0.05, 0) is 26.0 Å². The number of pyridine rings is 1. The fourth-order valence-electron chi connectivity index (χ4n) is 1.69. The van der Waals surface area contributed by atoms with Gasteiger partial charge >= 0.3 is 0 Å². The molecule has 6 nitrogen and oxygen atoms in total. The van der Waals surface area contributed by atoms with Crippen molar-refractivity contribution < 1.29 is 4.79 Å². The maximum Gasteiger partial charge on any atom is 0.272 e. The summed E-state index contributed by atoms with van der Waals surface area (Å²) >= 11 is 1.54. The van der Waals surface area contributed by atoms with Crippen LogP contribution in [0.25, 0.3) is 0 Å². The molecule has 0 saturated carbocycles. The van der Waals surface area contributed by atoms with E-state index in [9.17, 15) is 4.79 Å². The Hall–Kier alpha value is -2.28. The molecule has 2 aromatic rings. The third-order valence-corrected chi connectivity index (χ3v) is 3.82. The van der Waals surface area contributed by atoms with Crippen molar-refractivity contribution in [3.05, 3.63) is 41.2 Å². The van der Waals surface area contributed by atoms with Crippen molar-refractivity contribution in [3.8, 4) is 0 Å². The fraction of sp³-hybridized carbons (Fsp3) is 0.286. The number of nitrogens with zero attached hydrogens (tertiary/aromatic N) is 4. The molecule has 110 valence electrons. The molecule has 0 spiro atoms. The highest BCUT2D eigenvalue weighted by Gasteiger charge is 2.07. The molecule has 0 aliphatic heterocycles. The van der Waals surface area contributed by atoms with Crippen LogP contribution in [0.4, 0.5) is 5.13 Å². The fourth-order valence-corrected chi connectivity index (χ4v) is 2.61. The van der Waals surface area contributed by atoms with Crippen LogP contribution in [0, 0.1) is 0 Å². The topological polar surface area (TPSA) is 70.5 Å². The second-order valence-electron chi connectivity index (χ2n) is 4.16. The summed E-state index contributed by atoms with van der Waals surface area (Å²) in [6.07, 6.45) is 6.46. The number of thiazole rings is 1. The molecule has 0 unspecified atom stereocenters. The van der Waals surface area contributed by atoms with Crippen molar-refractivity contribution in [1.82, 2.24) is 15.4 Å². The van der Waals surface area contributed by atoms with Crippen LogP contribution in [0.5, 0.6) is 0 Å². The minimum absolute atomic E-state index is 0.284. The molecule has 0 radical (unpaired) electrons. The van der Waals surface area contributed by atoms with Crippen LogP contribution in [0.2, 0.25) is 0 Å². The molecule has 2 aromatic heterocycles. The number of carbonyl (C=O) groups excluding carboxylic acids is 1. The van der Waals surface area contributed by atoms with Crippen LogP contribution in [0.3, 0.4) is 0 Å². The Kier molecular flexibility index (Phi) is 5.39. The molecule has 0 fully saturated rings. The van der Waals surface area contributed by atoms with Crippen molar-refractivity contribution in [2.45, 2.75) is 13.8 Å². The lowest BCUT2D eigenvalue weighted by molar-refractivity contribution is 0.0955. The van der Waals surface area contributed by atoms with E-state index in [0.717, 1.165) is 23.1 Å². The maximum atomic E-state index is 11.8. The van der Waals surface area contributed by atoms with Gasteiger partial charge in [0, 0.05) is 31.7 Å². The highest BCUT2D eigenvalue weighted by Crippen LogP contribution is 2.20. The van der Waals surface area contributed by atoms with Crippen LogP contribution in [-0.4, -0.2) is 35.2 Å². The largest absolute Gasteiger partial charge is 0.349 e. The SMILES string of the molecule is CCN(CC)c1ncc(/C=N\NC(=O)c2cccnc2)s1. The highest BCUT2D eigenvalue weighted by molar-refractivity contribution is 7.17. The van der Waals surface area contributed by atoms with Crippen LogP contribution in [0.15, 0.2) is 35.8 Å². The molecule has 7 heteroatoms. The van der Waals surface area contributed by atoms with Gasteiger partial charge in [0.05, 0.1) is 16.7 Å². The first-order chi connectivity index (χ1) is 10.2. The standard InChI is InChI=1S/C14H17N5OS/c1-3-19(4-2)14-16-9-12(21-14)10-17-18-13(20)11-6-5-7-15-8-11/h5-10H,3-4H2,1-2H3,(H,18,20)/b17-10-. The molecule has 1 N–H and O–H groups in total. The summed E-state index contributed by atoms with van der Waals surface area (Å²) in [6.45, 7) is 6.01.